The molecule has 2 aromatic rings. The lowest BCUT2D eigenvalue weighted by Crippen LogP contribution is -2.32. The minimum atomic E-state index is -0.367. The highest BCUT2D eigenvalue weighted by Crippen LogP contribution is 2.23. The van der Waals surface area contributed by atoms with Gasteiger partial charge >= 0.3 is 5.97 Å². The number of ether oxygens (including phenoxy) is 1. The third-order valence-electron chi connectivity index (χ3n) is 4.42. The number of hydrogen-bond acceptors (Lipinski definition) is 3. The monoisotopic (exact) mass is 370 g/mol. The zero-order chi connectivity index (χ0) is 19.3. The van der Waals surface area contributed by atoms with Gasteiger partial charge in [-0.1, -0.05) is 36.8 Å². The Morgan fingerprint density at radius 3 is 2.46 bits per heavy atom. The molecule has 26 heavy (non-hydrogen) atoms. The molecule has 5 heteroatoms. The number of hydrogen-bond donors (Lipinski definition) is 2. The van der Waals surface area contributed by atoms with Gasteiger partial charge in [-0.25, -0.2) is 4.79 Å². The SMILES string of the molecule is CC[C@@H](NC(=S)Nc1cc(C(=O)OC)ccc1C)c1ccc(C)cc1C. The molecule has 0 saturated carbocycles. The van der Waals surface area contributed by atoms with Crippen LogP contribution in [0, 0.1) is 20.8 Å². The molecule has 0 saturated heterocycles. The molecule has 2 N–H and O–H groups in total. The summed E-state index contributed by atoms with van der Waals surface area (Å²) in [6.45, 7) is 8.30. The van der Waals surface area contributed by atoms with Crippen molar-refractivity contribution in [2.45, 2.75) is 40.2 Å². The Balaban J connectivity index is 2.15. The maximum Gasteiger partial charge on any atom is 0.337 e. The molecule has 0 amide bonds. The lowest BCUT2D eigenvalue weighted by Gasteiger charge is -2.22. The van der Waals surface area contributed by atoms with Crippen LogP contribution in [0.3, 0.4) is 0 Å². The first kappa shape index (κ1) is 19.9. The molecule has 2 aromatic carbocycles. The predicted molar refractivity (Wildman–Crippen MR) is 111 cm³/mol. The summed E-state index contributed by atoms with van der Waals surface area (Å²) in [5.74, 6) is -0.367. The molecule has 0 aliphatic heterocycles. The Labute approximate surface area is 161 Å². The summed E-state index contributed by atoms with van der Waals surface area (Å²) in [4.78, 5) is 11.7. The van der Waals surface area contributed by atoms with Gasteiger partial charge in [-0.15, -0.1) is 0 Å². The van der Waals surface area contributed by atoms with E-state index in [4.69, 9.17) is 17.0 Å². The average Bonchev–Trinajstić information content (AvgIpc) is 2.61. The molecular formula is C21H26N2O2S. The molecule has 0 radical (unpaired) electrons. The molecule has 1 atom stereocenters. The van der Waals surface area contributed by atoms with Crippen LogP contribution in [0.1, 0.15) is 52.0 Å². The van der Waals surface area contributed by atoms with E-state index < -0.39 is 0 Å². The molecule has 0 aliphatic rings. The number of benzene rings is 2. The zero-order valence-corrected chi connectivity index (χ0v) is 16.8. The van der Waals surface area contributed by atoms with E-state index in [1.165, 1.54) is 23.8 Å². The second kappa shape index (κ2) is 8.81. The Hall–Kier alpha value is -2.40. The van der Waals surface area contributed by atoms with Crippen LogP contribution in [-0.4, -0.2) is 18.2 Å². The lowest BCUT2D eigenvalue weighted by molar-refractivity contribution is 0.0601. The quantitative estimate of drug-likeness (QED) is 0.583. The fourth-order valence-corrected chi connectivity index (χ4v) is 3.19. The van der Waals surface area contributed by atoms with Gasteiger partial charge in [0.15, 0.2) is 5.11 Å². The molecule has 0 aromatic heterocycles. The smallest absolute Gasteiger partial charge is 0.337 e. The van der Waals surface area contributed by atoms with Gasteiger partial charge < -0.3 is 15.4 Å². The highest BCUT2D eigenvalue weighted by molar-refractivity contribution is 7.80. The third kappa shape index (κ3) is 4.82. The van der Waals surface area contributed by atoms with Gasteiger partial charge in [-0.3, -0.25) is 0 Å². The van der Waals surface area contributed by atoms with Crippen molar-refractivity contribution in [3.63, 3.8) is 0 Å². The van der Waals surface area contributed by atoms with Gasteiger partial charge in [0.05, 0.1) is 18.7 Å². The first-order chi connectivity index (χ1) is 12.3. The van der Waals surface area contributed by atoms with Gasteiger partial charge in [-0.05, 0) is 68.2 Å². The van der Waals surface area contributed by atoms with Gasteiger partial charge in [0.2, 0.25) is 0 Å². The summed E-state index contributed by atoms with van der Waals surface area (Å²) in [6.07, 6.45) is 0.910. The number of carbonyl (C=O) groups excluding carboxylic acids is 1. The van der Waals surface area contributed by atoms with E-state index in [1.54, 1.807) is 12.1 Å². The lowest BCUT2D eigenvalue weighted by atomic mass is 9.98. The second-order valence-corrected chi connectivity index (χ2v) is 6.85. The predicted octanol–water partition coefficient (Wildman–Crippen LogP) is 4.84. The van der Waals surface area contributed by atoms with Crippen LogP contribution in [-0.2, 0) is 4.74 Å². The van der Waals surface area contributed by atoms with E-state index in [0.29, 0.717) is 10.7 Å². The maximum atomic E-state index is 11.7. The minimum absolute atomic E-state index is 0.125. The van der Waals surface area contributed by atoms with Crippen LogP contribution in [0.15, 0.2) is 36.4 Å². The van der Waals surface area contributed by atoms with Crippen molar-refractivity contribution in [1.29, 1.82) is 0 Å². The topological polar surface area (TPSA) is 50.4 Å². The van der Waals surface area contributed by atoms with E-state index in [1.807, 2.05) is 13.0 Å². The van der Waals surface area contributed by atoms with Crippen molar-refractivity contribution in [2.75, 3.05) is 12.4 Å². The molecule has 4 nitrogen and oxygen atoms in total. The number of anilines is 1. The van der Waals surface area contributed by atoms with Gasteiger partial charge in [-0.2, -0.15) is 0 Å². The normalized spacial score (nSPS) is 11.6. The summed E-state index contributed by atoms with van der Waals surface area (Å²) >= 11 is 5.51. The Kier molecular flexibility index (Phi) is 6.75. The first-order valence-electron chi connectivity index (χ1n) is 8.69. The van der Waals surface area contributed by atoms with Crippen molar-refractivity contribution in [1.82, 2.24) is 5.32 Å². The second-order valence-electron chi connectivity index (χ2n) is 6.44. The van der Waals surface area contributed by atoms with Crippen molar-refractivity contribution >= 4 is 29.0 Å². The van der Waals surface area contributed by atoms with E-state index in [2.05, 4.69) is 49.6 Å². The van der Waals surface area contributed by atoms with E-state index in [9.17, 15) is 4.79 Å². The first-order valence-corrected chi connectivity index (χ1v) is 9.10. The van der Waals surface area contributed by atoms with Crippen molar-refractivity contribution < 1.29 is 9.53 Å². The number of aryl methyl sites for hydroxylation is 3. The van der Waals surface area contributed by atoms with Crippen LogP contribution >= 0.6 is 12.2 Å². The minimum Gasteiger partial charge on any atom is -0.465 e. The summed E-state index contributed by atoms with van der Waals surface area (Å²) < 4.78 is 4.78. The fourth-order valence-electron chi connectivity index (χ4n) is 2.93. The molecule has 0 aliphatic carbocycles. The summed E-state index contributed by atoms with van der Waals surface area (Å²) in [7, 11) is 1.37. The van der Waals surface area contributed by atoms with Crippen molar-refractivity contribution in [3.05, 3.63) is 64.2 Å². The molecule has 138 valence electrons. The number of rotatable bonds is 5. The van der Waals surface area contributed by atoms with E-state index in [0.717, 1.165) is 17.7 Å². The number of esters is 1. The molecule has 0 unspecified atom stereocenters. The van der Waals surface area contributed by atoms with Crippen LogP contribution in [0.25, 0.3) is 0 Å². The maximum absolute atomic E-state index is 11.7. The van der Waals surface area contributed by atoms with Gasteiger partial charge in [0, 0.05) is 5.69 Å². The number of nitrogens with one attached hydrogen (secondary N) is 2. The fraction of sp³-hybridized carbons (Fsp3) is 0.333. The average molecular weight is 371 g/mol. The highest BCUT2D eigenvalue weighted by atomic mass is 32.1. The Morgan fingerprint density at radius 1 is 1.12 bits per heavy atom. The standard InChI is InChI=1S/C21H26N2O2S/c1-6-18(17-10-7-13(2)11-15(17)4)22-21(26)23-19-12-16(20(24)25-5)9-8-14(19)3/h7-12,18H,6H2,1-5H3,(H2,22,23,26)/t18-/m1/s1. The van der Waals surface area contributed by atoms with Crippen molar-refractivity contribution in [3.8, 4) is 0 Å². The number of thiocarbonyl (C=S) groups is 1. The number of methoxy groups -OCH3 is 1. The van der Waals surface area contributed by atoms with Gasteiger partial charge in [0.1, 0.15) is 0 Å². The zero-order valence-electron chi connectivity index (χ0n) is 16.0. The highest BCUT2D eigenvalue weighted by Gasteiger charge is 2.14. The summed E-state index contributed by atoms with van der Waals surface area (Å²) in [5.41, 5.74) is 6.02. The molecular weight excluding hydrogens is 344 g/mol. The van der Waals surface area contributed by atoms with E-state index >= 15 is 0 Å². The molecule has 0 heterocycles. The molecule has 2 rings (SSSR count). The largest absolute Gasteiger partial charge is 0.465 e. The molecule has 0 fully saturated rings. The van der Waals surface area contributed by atoms with Crippen LogP contribution in [0.2, 0.25) is 0 Å². The number of carbonyl (C=O) groups is 1. The summed E-state index contributed by atoms with van der Waals surface area (Å²) in [5, 5.41) is 7.12. The van der Waals surface area contributed by atoms with Crippen LogP contribution < -0.4 is 10.6 Å². The van der Waals surface area contributed by atoms with Crippen LogP contribution in [0.4, 0.5) is 5.69 Å². The van der Waals surface area contributed by atoms with Crippen LogP contribution in [0.5, 0.6) is 0 Å². The summed E-state index contributed by atoms with van der Waals surface area (Å²) in [6, 6.07) is 11.9. The molecule has 0 spiro atoms. The molecule has 0 bridgehead atoms. The Morgan fingerprint density at radius 2 is 1.85 bits per heavy atom. The van der Waals surface area contributed by atoms with Gasteiger partial charge in [0.25, 0.3) is 0 Å². The third-order valence-corrected chi connectivity index (χ3v) is 4.64. The van der Waals surface area contributed by atoms with Crippen molar-refractivity contribution in [2.24, 2.45) is 0 Å². The van der Waals surface area contributed by atoms with E-state index in [-0.39, 0.29) is 12.0 Å². The Bertz CT molecular complexity index is 818.